The minimum atomic E-state index is -0.640. The third-order valence-corrected chi connectivity index (χ3v) is 8.25. The predicted molar refractivity (Wildman–Crippen MR) is 109 cm³/mol. The van der Waals surface area contributed by atoms with Crippen LogP contribution in [0.4, 0.5) is 4.39 Å². The molecule has 9 atom stereocenters. The van der Waals surface area contributed by atoms with Crippen molar-refractivity contribution in [2.75, 3.05) is 19.7 Å². The van der Waals surface area contributed by atoms with Crippen molar-refractivity contribution in [2.24, 2.45) is 5.92 Å². The zero-order valence-corrected chi connectivity index (χ0v) is 17.4. The lowest BCUT2D eigenvalue weighted by atomic mass is 9.79. The van der Waals surface area contributed by atoms with Gasteiger partial charge in [-0.3, -0.25) is 10.2 Å². The standard InChI is InChI=1S/C22H39FN4O/c1-14-9-12-28-20-6-4-15(23)13-16(20)19-3-2-11-27(19)21-7-5-17-22(26-21)18(25-14)8-10-24-17/h14-22,24-26H,2-13H2,1H3/t14-,15?,16?,17?,18?,19-,20?,21?,22?/m1/s1. The third-order valence-electron chi connectivity index (χ3n) is 8.25. The molecule has 0 aromatic carbocycles. The van der Waals surface area contributed by atoms with Gasteiger partial charge in [0, 0.05) is 42.7 Å². The molecule has 4 aliphatic heterocycles. The molecule has 1 saturated carbocycles. The Labute approximate surface area is 169 Å². The van der Waals surface area contributed by atoms with Gasteiger partial charge in [0.25, 0.3) is 0 Å². The van der Waals surface area contributed by atoms with Crippen molar-refractivity contribution in [3.05, 3.63) is 0 Å². The van der Waals surface area contributed by atoms with Gasteiger partial charge in [0.1, 0.15) is 6.17 Å². The van der Waals surface area contributed by atoms with Gasteiger partial charge in [-0.1, -0.05) is 0 Å². The maximum Gasteiger partial charge on any atom is 0.101 e. The Morgan fingerprint density at radius 3 is 2.82 bits per heavy atom. The number of hydrogen-bond acceptors (Lipinski definition) is 5. The average molecular weight is 395 g/mol. The normalized spacial score (nSPS) is 50.6. The molecule has 7 unspecified atom stereocenters. The number of halogens is 1. The van der Waals surface area contributed by atoms with E-state index in [4.69, 9.17) is 4.74 Å². The quantitative estimate of drug-likeness (QED) is 0.588. The average Bonchev–Trinajstić information content (AvgIpc) is 3.18. The van der Waals surface area contributed by atoms with E-state index in [2.05, 4.69) is 27.8 Å². The van der Waals surface area contributed by atoms with Crippen molar-refractivity contribution in [1.29, 1.82) is 0 Å². The van der Waals surface area contributed by atoms with Gasteiger partial charge in [-0.2, -0.15) is 0 Å². The number of fused-ring (bicyclic) bond motifs is 5. The highest BCUT2D eigenvalue weighted by Crippen LogP contribution is 2.39. The molecule has 5 nitrogen and oxygen atoms in total. The van der Waals surface area contributed by atoms with E-state index in [0.717, 1.165) is 32.5 Å². The number of alkyl halides is 1. The van der Waals surface area contributed by atoms with Crippen LogP contribution >= 0.6 is 0 Å². The molecule has 6 heteroatoms. The van der Waals surface area contributed by atoms with Gasteiger partial charge in [0.05, 0.1) is 12.3 Å². The summed E-state index contributed by atoms with van der Waals surface area (Å²) in [6.07, 6.45) is 9.44. The molecule has 2 bridgehead atoms. The fourth-order valence-corrected chi connectivity index (χ4v) is 6.86. The second kappa shape index (κ2) is 8.46. The minimum Gasteiger partial charge on any atom is -0.378 e. The maximum absolute atomic E-state index is 14.4. The number of piperidine rings is 2. The lowest BCUT2D eigenvalue weighted by molar-refractivity contribution is -0.0631. The number of nitrogens with zero attached hydrogens (tertiary/aromatic N) is 1. The Kier molecular flexibility index (Phi) is 5.95. The maximum atomic E-state index is 14.4. The second-order valence-electron chi connectivity index (χ2n) is 10.0. The highest BCUT2D eigenvalue weighted by Gasteiger charge is 2.46. The third kappa shape index (κ3) is 3.87. The summed E-state index contributed by atoms with van der Waals surface area (Å²) in [4.78, 5) is 2.71. The van der Waals surface area contributed by atoms with Crippen molar-refractivity contribution in [3.8, 4) is 0 Å². The van der Waals surface area contributed by atoms with Crippen LogP contribution in [0.15, 0.2) is 0 Å². The summed E-state index contributed by atoms with van der Waals surface area (Å²) in [5.74, 6) is 0.357. The molecule has 0 radical (unpaired) electrons. The van der Waals surface area contributed by atoms with E-state index >= 15 is 0 Å². The van der Waals surface area contributed by atoms with E-state index < -0.39 is 6.17 Å². The molecule has 28 heavy (non-hydrogen) atoms. The van der Waals surface area contributed by atoms with E-state index in [0.29, 0.717) is 55.1 Å². The topological polar surface area (TPSA) is 48.6 Å². The van der Waals surface area contributed by atoms with Gasteiger partial charge in [-0.25, -0.2) is 4.39 Å². The Morgan fingerprint density at radius 1 is 0.964 bits per heavy atom. The summed E-state index contributed by atoms with van der Waals surface area (Å²) in [5.41, 5.74) is 0. The zero-order valence-electron chi connectivity index (χ0n) is 17.4. The fourth-order valence-electron chi connectivity index (χ4n) is 6.86. The summed E-state index contributed by atoms with van der Waals surface area (Å²) in [6, 6.07) is 2.55. The Morgan fingerprint density at radius 2 is 1.89 bits per heavy atom. The summed E-state index contributed by atoms with van der Waals surface area (Å²) >= 11 is 0. The van der Waals surface area contributed by atoms with Crippen molar-refractivity contribution >= 4 is 0 Å². The first-order valence-corrected chi connectivity index (χ1v) is 12.0. The first kappa shape index (κ1) is 19.7. The molecular formula is C22H39FN4O. The molecule has 5 fully saturated rings. The van der Waals surface area contributed by atoms with Gasteiger partial charge >= 0.3 is 0 Å². The van der Waals surface area contributed by atoms with Gasteiger partial charge in [-0.05, 0) is 77.8 Å². The summed E-state index contributed by atoms with van der Waals surface area (Å²) in [5, 5.41) is 11.7. The van der Waals surface area contributed by atoms with Crippen LogP contribution in [0.25, 0.3) is 0 Å². The van der Waals surface area contributed by atoms with Crippen molar-refractivity contribution in [2.45, 2.75) is 113 Å². The highest BCUT2D eigenvalue weighted by molar-refractivity contribution is 5.04. The van der Waals surface area contributed by atoms with Gasteiger partial charge in [0.15, 0.2) is 0 Å². The molecule has 0 aromatic heterocycles. The fraction of sp³-hybridized carbons (Fsp3) is 1.00. The first-order chi connectivity index (χ1) is 13.7. The molecular weight excluding hydrogens is 355 g/mol. The minimum absolute atomic E-state index is 0.242. The van der Waals surface area contributed by atoms with Crippen LogP contribution in [0.2, 0.25) is 0 Å². The van der Waals surface area contributed by atoms with Crippen LogP contribution in [0.3, 0.4) is 0 Å². The predicted octanol–water partition coefficient (Wildman–Crippen LogP) is 2.16. The van der Waals surface area contributed by atoms with Crippen molar-refractivity contribution < 1.29 is 9.13 Å². The number of hydrogen-bond donors (Lipinski definition) is 3. The molecule has 160 valence electrons. The lowest BCUT2D eigenvalue weighted by Gasteiger charge is -2.50. The van der Waals surface area contributed by atoms with Gasteiger partial charge < -0.3 is 15.4 Å². The van der Waals surface area contributed by atoms with Crippen LogP contribution in [0.1, 0.15) is 64.7 Å². The number of ether oxygens (including phenoxy) is 1. The SMILES string of the molecule is C[C@@H]1CCOC2CCC(F)CC2[C@H]2CCCN2C2CCC3NCCC(N1)C3N2. The molecule has 4 heterocycles. The molecule has 0 spiro atoms. The molecule has 4 saturated heterocycles. The Hall–Kier alpha value is -0.270. The summed E-state index contributed by atoms with van der Waals surface area (Å²) in [6.45, 7) is 5.37. The van der Waals surface area contributed by atoms with Crippen LogP contribution in [-0.2, 0) is 4.74 Å². The second-order valence-corrected chi connectivity index (χ2v) is 10.0. The van der Waals surface area contributed by atoms with E-state index in [1.54, 1.807) is 0 Å². The molecule has 5 aliphatic rings. The Balaban J connectivity index is 1.41. The highest BCUT2D eigenvalue weighted by atomic mass is 19.1. The summed E-state index contributed by atoms with van der Waals surface area (Å²) in [7, 11) is 0. The van der Waals surface area contributed by atoms with E-state index in [1.165, 1.54) is 32.1 Å². The first-order valence-electron chi connectivity index (χ1n) is 12.0. The molecule has 0 amide bonds. The molecule has 0 aromatic rings. The van der Waals surface area contributed by atoms with Crippen LogP contribution in [-0.4, -0.2) is 73.2 Å². The summed E-state index contributed by atoms with van der Waals surface area (Å²) < 4.78 is 20.8. The van der Waals surface area contributed by atoms with Crippen LogP contribution in [0, 0.1) is 5.92 Å². The van der Waals surface area contributed by atoms with Crippen molar-refractivity contribution in [1.82, 2.24) is 20.9 Å². The number of nitrogens with one attached hydrogen (secondary N) is 3. The van der Waals surface area contributed by atoms with Crippen LogP contribution in [0.5, 0.6) is 0 Å². The lowest BCUT2D eigenvalue weighted by Crippen LogP contribution is -2.70. The molecule has 3 N–H and O–H groups in total. The zero-order chi connectivity index (χ0) is 19.1. The molecule has 5 rings (SSSR count). The monoisotopic (exact) mass is 394 g/mol. The van der Waals surface area contributed by atoms with E-state index in [1.807, 2.05) is 0 Å². The van der Waals surface area contributed by atoms with Gasteiger partial charge in [0.2, 0.25) is 0 Å². The molecule has 1 aliphatic carbocycles. The largest absolute Gasteiger partial charge is 0.378 e. The van der Waals surface area contributed by atoms with Crippen LogP contribution < -0.4 is 16.0 Å². The van der Waals surface area contributed by atoms with Gasteiger partial charge in [-0.15, -0.1) is 0 Å². The Bertz CT molecular complexity index is 537. The van der Waals surface area contributed by atoms with E-state index in [9.17, 15) is 4.39 Å². The smallest absolute Gasteiger partial charge is 0.101 e. The van der Waals surface area contributed by atoms with Crippen molar-refractivity contribution in [3.63, 3.8) is 0 Å². The number of rotatable bonds is 0. The van der Waals surface area contributed by atoms with E-state index in [-0.39, 0.29) is 6.10 Å².